The molecule has 0 radical (unpaired) electrons. The van der Waals surface area contributed by atoms with Crippen molar-refractivity contribution >= 4 is 32.2 Å². The van der Waals surface area contributed by atoms with Gasteiger partial charge in [-0.2, -0.15) is 0 Å². The Morgan fingerprint density at radius 3 is 2.61 bits per heavy atom. The first-order valence-electron chi connectivity index (χ1n) is 10.7. The van der Waals surface area contributed by atoms with Gasteiger partial charge in [-0.25, -0.2) is 13.4 Å². The second kappa shape index (κ2) is 7.12. The zero-order chi connectivity index (χ0) is 21.8. The summed E-state index contributed by atoms with van der Waals surface area (Å²) in [5.74, 6) is 1.81. The number of para-hydroxylation sites is 1. The Labute approximate surface area is 182 Å². The van der Waals surface area contributed by atoms with Crippen LogP contribution in [-0.4, -0.2) is 36.6 Å². The molecular weight excluding hydrogens is 410 g/mol. The number of sulfone groups is 1. The Balaban J connectivity index is 1.56. The summed E-state index contributed by atoms with van der Waals surface area (Å²) < 4.78 is 29.8. The number of nitrogen functional groups attached to an aromatic ring is 1. The fraction of sp³-hybridized carbons (Fsp3) is 0.375. The van der Waals surface area contributed by atoms with Gasteiger partial charge >= 0.3 is 0 Å². The molecule has 0 unspecified atom stereocenters. The van der Waals surface area contributed by atoms with Crippen molar-refractivity contribution in [3.05, 3.63) is 48.0 Å². The first kappa shape index (κ1) is 20.1. The molecule has 0 amide bonds. The summed E-state index contributed by atoms with van der Waals surface area (Å²) in [6.45, 7) is 4.18. The highest BCUT2D eigenvalue weighted by Crippen LogP contribution is 2.44. The van der Waals surface area contributed by atoms with E-state index in [9.17, 15) is 8.42 Å². The topological polar surface area (TPSA) is 94.3 Å². The van der Waals surface area contributed by atoms with Gasteiger partial charge in [0.05, 0.1) is 17.0 Å². The van der Waals surface area contributed by atoms with Crippen LogP contribution in [0.1, 0.15) is 32.3 Å². The van der Waals surface area contributed by atoms with Crippen LogP contribution in [0.2, 0.25) is 0 Å². The number of ether oxygens (including phenoxy) is 1. The number of nitrogens with two attached hydrogens (primary N) is 1. The molecule has 6 nitrogen and oxygen atoms in total. The van der Waals surface area contributed by atoms with E-state index in [4.69, 9.17) is 10.5 Å². The lowest BCUT2D eigenvalue weighted by atomic mass is 9.97. The van der Waals surface area contributed by atoms with Crippen molar-refractivity contribution in [3.8, 4) is 16.9 Å². The Morgan fingerprint density at radius 1 is 1.10 bits per heavy atom. The van der Waals surface area contributed by atoms with Gasteiger partial charge in [-0.3, -0.25) is 0 Å². The van der Waals surface area contributed by atoms with Crippen molar-refractivity contribution in [1.82, 2.24) is 4.98 Å². The van der Waals surface area contributed by atoms with Crippen molar-refractivity contribution in [3.63, 3.8) is 0 Å². The third kappa shape index (κ3) is 3.82. The highest BCUT2D eigenvalue weighted by atomic mass is 32.2. The van der Waals surface area contributed by atoms with Crippen LogP contribution in [0.3, 0.4) is 0 Å². The van der Waals surface area contributed by atoms with E-state index in [1.165, 1.54) is 5.56 Å². The van der Waals surface area contributed by atoms with Gasteiger partial charge < -0.3 is 15.8 Å². The van der Waals surface area contributed by atoms with Crippen LogP contribution in [0.25, 0.3) is 22.0 Å². The second-order valence-electron chi connectivity index (χ2n) is 9.20. The molecule has 0 bridgehead atoms. The quantitative estimate of drug-likeness (QED) is 0.638. The van der Waals surface area contributed by atoms with Gasteiger partial charge in [0.2, 0.25) is 0 Å². The third-order valence-electron chi connectivity index (χ3n) is 6.18. The van der Waals surface area contributed by atoms with Gasteiger partial charge in [0.25, 0.3) is 0 Å². The summed E-state index contributed by atoms with van der Waals surface area (Å²) >= 11 is 0. The Morgan fingerprint density at radius 2 is 1.84 bits per heavy atom. The minimum Gasteiger partial charge on any atom is -0.487 e. The fourth-order valence-electron chi connectivity index (χ4n) is 4.63. The summed E-state index contributed by atoms with van der Waals surface area (Å²) in [4.78, 5) is 4.68. The molecule has 2 aliphatic rings. The average Bonchev–Trinajstić information content (AvgIpc) is 3.03. The van der Waals surface area contributed by atoms with Crippen molar-refractivity contribution < 1.29 is 13.2 Å². The lowest BCUT2D eigenvalue weighted by Gasteiger charge is -2.25. The Bertz CT molecular complexity index is 1270. The summed E-state index contributed by atoms with van der Waals surface area (Å²) in [6, 6.07) is 14.3. The van der Waals surface area contributed by atoms with Gasteiger partial charge in [-0.1, -0.05) is 24.3 Å². The van der Waals surface area contributed by atoms with Crippen LogP contribution in [0.5, 0.6) is 5.75 Å². The van der Waals surface area contributed by atoms with E-state index >= 15 is 0 Å². The smallest absolute Gasteiger partial charge is 0.150 e. The Kier molecular flexibility index (Phi) is 4.62. The number of fused-ring (bicyclic) bond motifs is 2. The molecular formula is C24H27N3O3S. The van der Waals surface area contributed by atoms with Gasteiger partial charge in [-0.15, -0.1) is 0 Å². The van der Waals surface area contributed by atoms with E-state index in [0.717, 1.165) is 39.9 Å². The van der Waals surface area contributed by atoms with Crippen LogP contribution in [0.4, 0.5) is 11.5 Å². The van der Waals surface area contributed by atoms with Gasteiger partial charge in [0.1, 0.15) is 27.0 Å². The summed E-state index contributed by atoms with van der Waals surface area (Å²) in [5, 5.41) is 4.52. The van der Waals surface area contributed by atoms with Crippen molar-refractivity contribution in [2.45, 2.75) is 44.8 Å². The van der Waals surface area contributed by atoms with Crippen molar-refractivity contribution in [1.29, 1.82) is 0 Å². The van der Waals surface area contributed by atoms with Crippen LogP contribution < -0.4 is 15.8 Å². The molecule has 5 rings (SSSR count). The number of rotatable bonds is 3. The lowest BCUT2D eigenvalue weighted by molar-refractivity contribution is 0.139. The normalized spacial score (nSPS) is 19.7. The SMILES string of the molecule is CC1(C)Cc2cccc(-c3cc4c(NC5CCS(=O)(=O)CC5)cccc4nc3N)c2O1. The monoisotopic (exact) mass is 437 g/mol. The lowest BCUT2D eigenvalue weighted by Crippen LogP contribution is -2.32. The first-order valence-corrected chi connectivity index (χ1v) is 12.5. The van der Waals surface area contributed by atoms with E-state index in [2.05, 4.69) is 36.3 Å². The van der Waals surface area contributed by atoms with Gasteiger partial charge in [0.15, 0.2) is 0 Å². The number of hydrogen-bond donors (Lipinski definition) is 2. The highest BCUT2D eigenvalue weighted by Gasteiger charge is 2.32. The third-order valence-corrected chi connectivity index (χ3v) is 7.90. The maximum atomic E-state index is 11.8. The number of nitrogens with one attached hydrogen (secondary N) is 1. The molecule has 0 spiro atoms. The van der Waals surface area contributed by atoms with Crippen LogP contribution in [0.15, 0.2) is 42.5 Å². The number of pyridine rings is 1. The standard InChI is InChI=1S/C24H27N3O3S/c1-24(2)14-15-5-3-6-17(22(15)30-24)18-13-19-20(7-4-8-21(19)27-23(18)25)26-16-9-11-31(28,29)12-10-16/h3-8,13,16,26H,9-12,14H2,1-2H3,(H2,25,27). The minimum atomic E-state index is -2.90. The molecule has 1 saturated heterocycles. The molecule has 3 aromatic rings. The minimum absolute atomic E-state index is 0.125. The van der Waals surface area contributed by atoms with E-state index in [-0.39, 0.29) is 23.1 Å². The predicted molar refractivity (Wildman–Crippen MR) is 125 cm³/mol. The first-order chi connectivity index (χ1) is 14.7. The molecule has 162 valence electrons. The summed E-state index contributed by atoms with van der Waals surface area (Å²) in [5.41, 5.74) is 10.9. The molecule has 1 aromatic heterocycles. The van der Waals surface area contributed by atoms with E-state index in [0.29, 0.717) is 18.7 Å². The molecule has 0 aliphatic carbocycles. The number of benzene rings is 2. The molecule has 3 heterocycles. The number of nitrogens with zero attached hydrogens (tertiary/aromatic N) is 1. The number of anilines is 2. The van der Waals surface area contributed by atoms with Crippen molar-refractivity contribution in [2.75, 3.05) is 22.6 Å². The predicted octanol–water partition coefficient (Wildman–Crippen LogP) is 4.19. The van der Waals surface area contributed by atoms with E-state index in [1.807, 2.05) is 30.3 Å². The van der Waals surface area contributed by atoms with E-state index < -0.39 is 9.84 Å². The maximum absolute atomic E-state index is 11.8. The van der Waals surface area contributed by atoms with E-state index in [1.54, 1.807) is 0 Å². The highest BCUT2D eigenvalue weighted by molar-refractivity contribution is 7.91. The molecule has 0 saturated carbocycles. The zero-order valence-corrected chi connectivity index (χ0v) is 18.6. The fourth-order valence-corrected chi connectivity index (χ4v) is 6.13. The van der Waals surface area contributed by atoms with Gasteiger partial charge in [-0.05, 0) is 50.5 Å². The number of hydrogen-bond acceptors (Lipinski definition) is 6. The Hall–Kier alpha value is -2.80. The molecule has 3 N–H and O–H groups in total. The van der Waals surface area contributed by atoms with Gasteiger partial charge in [0, 0.05) is 34.7 Å². The molecule has 1 fully saturated rings. The van der Waals surface area contributed by atoms with Crippen LogP contribution in [0, 0.1) is 0 Å². The maximum Gasteiger partial charge on any atom is 0.150 e. The molecule has 7 heteroatoms. The summed E-state index contributed by atoms with van der Waals surface area (Å²) in [7, 11) is -2.90. The second-order valence-corrected chi connectivity index (χ2v) is 11.5. The number of aromatic nitrogens is 1. The zero-order valence-electron chi connectivity index (χ0n) is 17.8. The van der Waals surface area contributed by atoms with Crippen LogP contribution in [-0.2, 0) is 16.3 Å². The molecule has 0 atom stereocenters. The molecule has 2 aromatic carbocycles. The van der Waals surface area contributed by atoms with Crippen molar-refractivity contribution in [2.24, 2.45) is 0 Å². The average molecular weight is 438 g/mol. The van der Waals surface area contributed by atoms with Crippen LogP contribution >= 0.6 is 0 Å². The summed E-state index contributed by atoms with van der Waals surface area (Å²) in [6.07, 6.45) is 2.08. The largest absolute Gasteiger partial charge is 0.487 e. The molecule has 2 aliphatic heterocycles. The molecule has 31 heavy (non-hydrogen) atoms.